The van der Waals surface area contributed by atoms with Crippen LogP contribution in [0.1, 0.15) is 26.0 Å². The van der Waals surface area contributed by atoms with Gasteiger partial charge in [-0.15, -0.1) is 0 Å². The predicted octanol–water partition coefficient (Wildman–Crippen LogP) is 1.86. The lowest BCUT2D eigenvalue weighted by Crippen LogP contribution is -2.45. The third-order valence-corrected chi connectivity index (χ3v) is 5.46. The topological polar surface area (TPSA) is 94.1 Å². The monoisotopic (exact) mass is 458 g/mol. The Labute approximate surface area is 185 Å². The minimum absolute atomic E-state index is 0.0192. The van der Waals surface area contributed by atoms with Crippen LogP contribution < -0.4 is 0 Å². The molecule has 11 heteroatoms. The third kappa shape index (κ3) is 6.91. The van der Waals surface area contributed by atoms with Crippen molar-refractivity contribution in [3.63, 3.8) is 0 Å². The van der Waals surface area contributed by atoms with Crippen LogP contribution in [-0.4, -0.2) is 88.5 Å². The van der Waals surface area contributed by atoms with Crippen LogP contribution >= 0.6 is 0 Å². The summed E-state index contributed by atoms with van der Waals surface area (Å²) in [6.45, 7) is 8.37. The first-order chi connectivity index (χ1) is 14.8. The average Bonchev–Trinajstić information content (AvgIpc) is 2.86. The van der Waals surface area contributed by atoms with Crippen molar-refractivity contribution in [3.8, 4) is 0 Å². The van der Waals surface area contributed by atoms with Gasteiger partial charge in [-0.05, 0) is 12.1 Å². The van der Waals surface area contributed by atoms with Gasteiger partial charge in [-0.1, -0.05) is 19.9 Å². The van der Waals surface area contributed by atoms with Gasteiger partial charge in [0.25, 0.3) is 0 Å². The van der Waals surface area contributed by atoms with Gasteiger partial charge >= 0.3 is 12.1 Å². The number of rotatable bonds is 3. The van der Waals surface area contributed by atoms with E-state index >= 15 is 0 Å². The molecule has 3 heterocycles. The maximum absolute atomic E-state index is 12.6. The quantitative estimate of drug-likeness (QED) is 0.743. The number of aliphatic carboxylic acids is 1. The number of pyridine rings is 1. The highest BCUT2D eigenvalue weighted by Gasteiger charge is 2.46. The lowest BCUT2D eigenvalue weighted by atomic mass is 9.85. The fourth-order valence-electron chi connectivity index (χ4n) is 4.07. The van der Waals surface area contributed by atoms with Gasteiger partial charge in [-0.25, -0.2) is 4.79 Å². The van der Waals surface area contributed by atoms with Crippen LogP contribution in [-0.2, 0) is 20.9 Å². The molecular weight excluding hydrogens is 429 g/mol. The van der Waals surface area contributed by atoms with Crippen LogP contribution in [0.5, 0.6) is 0 Å². The molecule has 2 fully saturated rings. The Hall–Kier alpha value is -2.69. The molecule has 2 amide bonds. The normalized spacial score (nSPS) is 22.0. The van der Waals surface area contributed by atoms with Gasteiger partial charge in [0.1, 0.15) is 0 Å². The molecule has 1 spiro atoms. The van der Waals surface area contributed by atoms with Crippen LogP contribution in [0.25, 0.3) is 0 Å². The van der Waals surface area contributed by atoms with Gasteiger partial charge < -0.3 is 14.9 Å². The van der Waals surface area contributed by atoms with Gasteiger partial charge in [0.2, 0.25) is 11.8 Å². The SMILES string of the molecule is CC(C)C(=O)N1CCN(Cc2ccccn2)CC2(CC(=O)N(C)C2)C1.O=C(O)C(F)(F)F. The summed E-state index contributed by atoms with van der Waals surface area (Å²) >= 11 is 0. The molecule has 0 radical (unpaired) electrons. The number of carboxylic acid groups (broad SMARTS) is 1. The van der Waals surface area contributed by atoms with Crippen molar-refractivity contribution in [2.75, 3.05) is 39.8 Å². The van der Waals surface area contributed by atoms with E-state index in [1.165, 1.54) is 0 Å². The molecule has 0 bridgehead atoms. The fourth-order valence-corrected chi connectivity index (χ4v) is 4.07. The van der Waals surface area contributed by atoms with Crippen molar-refractivity contribution < 1.29 is 32.7 Å². The van der Waals surface area contributed by atoms with Gasteiger partial charge in [-0.3, -0.25) is 19.5 Å². The number of hydrogen-bond acceptors (Lipinski definition) is 5. The number of carbonyl (C=O) groups excluding carboxylic acids is 2. The first-order valence-corrected chi connectivity index (χ1v) is 10.3. The molecule has 0 aliphatic carbocycles. The van der Waals surface area contributed by atoms with E-state index in [9.17, 15) is 22.8 Å². The summed E-state index contributed by atoms with van der Waals surface area (Å²) in [5.41, 5.74) is 0.848. The minimum Gasteiger partial charge on any atom is -0.475 e. The number of nitrogens with zero attached hydrogens (tertiary/aromatic N) is 4. The molecule has 3 rings (SSSR count). The molecule has 1 aromatic heterocycles. The number of hydrogen-bond donors (Lipinski definition) is 1. The van der Waals surface area contributed by atoms with Crippen molar-refractivity contribution in [2.45, 2.75) is 33.0 Å². The summed E-state index contributed by atoms with van der Waals surface area (Å²) in [6.07, 6.45) is -2.76. The summed E-state index contributed by atoms with van der Waals surface area (Å²) in [6, 6.07) is 5.94. The summed E-state index contributed by atoms with van der Waals surface area (Å²) in [7, 11) is 1.86. The van der Waals surface area contributed by atoms with E-state index in [4.69, 9.17) is 9.90 Å². The standard InChI is InChI=1S/C19H28N4O2.C2HF3O2/c1-15(2)18(25)23-9-8-22(11-16-6-4-5-7-20-16)13-19(14-23)10-17(24)21(3)12-19;3-2(4,5)1(6)7/h4-7,15H,8-14H2,1-3H3;(H,6,7). The molecule has 2 aliphatic heterocycles. The Morgan fingerprint density at radius 1 is 1.19 bits per heavy atom. The molecule has 32 heavy (non-hydrogen) atoms. The molecule has 0 aromatic carbocycles. The number of halogens is 3. The Balaban J connectivity index is 0.000000451. The molecule has 1 unspecified atom stereocenters. The lowest BCUT2D eigenvalue weighted by molar-refractivity contribution is -0.192. The third-order valence-electron chi connectivity index (χ3n) is 5.46. The first kappa shape index (κ1) is 25.6. The molecule has 1 aromatic rings. The maximum Gasteiger partial charge on any atom is 0.490 e. The van der Waals surface area contributed by atoms with Crippen molar-refractivity contribution in [1.82, 2.24) is 19.7 Å². The van der Waals surface area contributed by atoms with Crippen molar-refractivity contribution in [3.05, 3.63) is 30.1 Å². The van der Waals surface area contributed by atoms with E-state index in [-0.39, 0.29) is 23.1 Å². The van der Waals surface area contributed by atoms with E-state index in [2.05, 4.69) is 9.88 Å². The fraction of sp³-hybridized carbons (Fsp3) is 0.619. The van der Waals surface area contributed by atoms with Gasteiger partial charge in [0.05, 0.1) is 5.69 Å². The Morgan fingerprint density at radius 3 is 2.31 bits per heavy atom. The summed E-state index contributed by atoms with van der Waals surface area (Å²) in [5.74, 6) is -2.42. The highest BCUT2D eigenvalue weighted by atomic mass is 19.4. The zero-order valence-electron chi connectivity index (χ0n) is 18.4. The highest BCUT2D eigenvalue weighted by molar-refractivity contribution is 5.80. The Morgan fingerprint density at radius 2 is 1.84 bits per heavy atom. The minimum atomic E-state index is -5.08. The van der Waals surface area contributed by atoms with E-state index in [1.807, 2.05) is 55.1 Å². The second-order valence-electron chi connectivity index (χ2n) is 8.68. The number of aromatic nitrogens is 1. The second kappa shape index (κ2) is 10.3. The number of carbonyl (C=O) groups is 3. The van der Waals surface area contributed by atoms with Crippen LogP contribution in [0.2, 0.25) is 0 Å². The van der Waals surface area contributed by atoms with Gasteiger partial charge in [0.15, 0.2) is 0 Å². The average molecular weight is 458 g/mol. The Bertz CT molecular complexity index is 819. The largest absolute Gasteiger partial charge is 0.490 e. The summed E-state index contributed by atoms with van der Waals surface area (Å²) in [5, 5.41) is 7.12. The molecule has 2 saturated heterocycles. The van der Waals surface area contributed by atoms with E-state index in [0.717, 1.165) is 25.3 Å². The van der Waals surface area contributed by atoms with E-state index in [0.29, 0.717) is 26.1 Å². The number of amides is 2. The van der Waals surface area contributed by atoms with E-state index in [1.54, 1.807) is 0 Å². The van der Waals surface area contributed by atoms with Crippen molar-refractivity contribution >= 4 is 17.8 Å². The van der Waals surface area contributed by atoms with Crippen LogP contribution in [0.3, 0.4) is 0 Å². The summed E-state index contributed by atoms with van der Waals surface area (Å²) < 4.78 is 31.7. The zero-order chi connectivity index (χ0) is 24.1. The zero-order valence-corrected chi connectivity index (χ0v) is 18.4. The maximum atomic E-state index is 12.6. The predicted molar refractivity (Wildman–Crippen MR) is 109 cm³/mol. The van der Waals surface area contributed by atoms with Crippen LogP contribution in [0.4, 0.5) is 13.2 Å². The first-order valence-electron chi connectivity index (χ1n) is 10.3. The lowest BCUT2D eigenvalue weighted by Gasteiger charge is -2.33. The van der Waals surface area contributed by atoms with Crippen molar-refractivity contribution in [2.24, 2.45) is 11.3 Å². The van der Waals surface area contributed by atoms with Gasteiger partial charge in [-0.2, -0.15) is 13.2 Å². The number of alkyl halides is 3. The molecule has 1 atom stereocenters. The van der Waals surface area contributed by atoms with Crippen molar-refractivity contribution in [1.29, 1.82) is 0 Å². The van der Waals surface area contributed by atoms with Gasteiger partial charge in [0, 0.05) is 70.3 Å². The smallest absolute Gasteiger partial charge is 0.475 e. The number of carboxylic acids is 1. The molecule has 0 saturated carbocycles. The Kier molecular flexibility index (Phi) is 8.22. The molecule has 2 aliphatic rings. The molecule has 1 N–H and O–H groups in total. The molecular formula is C21H29F3N4O4. The summed E-state index contributed by atoms with van der Waals surface area (Å²) in [4.78, 5) is 44.3. The van der Waals surface area contributed by atoms with E-state index < -0.39 is 12.1 Å². The molecule has 8 nitrogen and oxygen atoms in total. The molecule has 178 valence electrons. The van der Waals surface area contributed by atoms with Crippen LogP contribution in [0.15, 0.2) is 24.4 Å². The van der Waals surface area contributed by atoms with Crippen LogP contribution in [0, 0.1) is 11.3 Å². The second-order valence-corrected chi connectivity index (χ2v) is 8.68. The number of likely N-dealkylation sites (tertiary alicyclic amines) is 1. The highest BCUT2D eigenvalue weighted by Crippen LogP contribution is 2.35.